The fourth-order valence-electron chi connectivity index (χ4n) is 1.81. The summed E-state index contributed by atoms with van der Waals surface area (Å²) in [6.07, 6.45) is 1.93. The standard InChI is InChI=1S/C15H22N2S/c1-12-6-7-14(13(2)10-12)18-9-5-8-15(3,11-16)17-4/h6-7,10,17H,5,8-9H2,1-4H3. The van der Waals surface area contributed by atoms with Crippen LogP contribution in [-0.2, 0) is 0 Å². The molecule has 3 heteroatoms. The summed E-state index contributed by atoms with van der Waals surface area (Å²) >= 11 is 1.88. The van der Waals surface area contributed by atoms with Crippen LogP contribution in [0.15, 0.2) is 23.1 Å². The Balaban J connectivity index is 2.41. The lowest BCUT2D eigenvalue weighted by Crippen LogP contribution is -2.37. The summed E-state index contributed by atoms with van der Waals surface area (Å²) in [6, 6.07) is 8.89. The molecule has 0 aliphatic carbocycles. The molecule has 98 valence electrons. The Labute approximate surface area is 115 Å². The van der Waals surface area contributed by atoms with Crippen molar-refractivity contribution in [2.75, 3.05) is 12.8 Å². The highest BCUT2D eigenvalue weighted by Crippen LogP contribution is 2.25. The van der Waals surface area contributed by atoms with Gasteiger partial charge in [-0.15, -0.1) is 11.8 Å². The first-order chi connectivity index (χ1) is 8.50. The van der Waals surface area contributed by atoms with Gasteiger partial charge in [-0.1, -0.05) is 17.7 Å². The van der Waals surface area contributed by atoms with Gasteiger partial charge in [0.15, 0.2) is 0 Å². The molecule has 2 nitrogen and oxygen atoms in total. The predicted molar refractivity (Wildman–Crippen MR) is 79.0 cm³/mol. The van der Waals surface area contributed by atoms with Crippen molar-refractivity contribution in [1.82, 2.24) is 5.32 Å². The molecule has 0 radical (unpaired) electrons. The minimum absolute atomic E-state index is 0.386. The van der Waals surface area contributed by atoms with Crippen LogP contribution in [0.1, 0.15) is 30.9 Å². The maximum atomic E-state index is 9.06. The van der Waals surface area contributed by atoms with Crippen LogP contribution >= 0.6 is 11.8 Å². The summed E-state index contributed by atoms with van der Waals surface area (Å²) in [7, 11) is 1.85. The third-order valence-corrected chi connectivity index (χ3v) is 4.47. The largest absolute Gasteiger partial charge is 0.303 e. The molecule has 1 rings (SSSR count). The van der Waals surface area contributed by atoms with Gasteiger partial charge < -0.3 is 5.32 Å². The Morgan fingerprint density at radius 2 is 2.11 bits per heavy atom. The first kappa shape index (κ1) is 15.1. The Morgan fingerprint density at radius 3 is 2.67 bits per heavy atom. The quantitative estimate of drug-likeness (QED) is 0.627. The molecule has 0 spiro atoms. The minimum atomic E-state index is -0.386. The van der Waals surface area contributed by atoms with Crippen molar-refractivity contribution in [1.29, 1.82) is 5.26 Å². The third-order valence-electron chi connectivity index (χ3n) is 3.21. The summed E-state index contributed by atoms with van der Waals surface area (Å²) in [5, 5.41) is 12.1. The lowest BCUT2D eigenvalue weighted by atomic mass is 9.99. The first-order valence-electron chi connectivity index (χ1n) is 6.31. The van der Waals surface area contributed by atoms with Gasteiger partial charge in [0.2, 0.25) is 0 Å². The van der Waals surface area contributed by atoms with Crippen molar-refractivity contribution < 1.29 is 0 Å². The molecular weight excluding hydrogens is 240 g/mol. The van der Waals surface area contributed by atoms with E-state index in [0.29, 0.717) is 0 Å². The van der Waals surface area contributed by atoms with Gasteiger partial charge in [0, 0.05) is 4.90 Å². The van der Waals surface area contributed by atoms with E-state index in [0.717, 1.165) is 18.6 Å². The van der Waals surface area contributed by atoms with Crippen molar-refractivity contribution in [3.05, 3.63) is 29.3 Å². The Morgan fingerprint density at radius 1 is 1.39 bits per heavy atom. The topological polar surface area (TPSA) is 35.8 Å². The van der Waals surface area contributed by atoms with Gasteiger partial charge >= 0.3 is 0 Å². The first-order valence-corrected chi connectivity index (χ1v) is 7.29. The number of benzene rings is 1. The third kappa shape index (κ3) is 4.36. The van der Waals surface area contributed by atoms with Gasteiger partial charge in [0.05, 0.1) is 6.07 Å². The Kier molecular flexibility index (Phi) is 5.71. The fourth-order valence-corrected chi connectivity index (χ4v) is 2.77. The highest BCUT2D eigenvalue weighted by atomic mass is 32.2. The van der Waals surface area contributed by atoms with Crippen molar-refractivity contribution in [3.63, 3.8) is 0 Å². The molecule has 1 aromatic rings. The van der Waals surface area contributed by atoms with Crippen molar-refractivity contribution >= 4 is 11.8 Å². The van der Waals surface area contributed by atoms with Crippen LogP contribution < -0.4 is 5.32 Å². The number of hydrogen-bond acceptors (Lipinski definition) is 3. The summed E-state index contributed by atoms with van der Waals surface area (Å²) in [6.45, 7) is 6.23. The molecule has 0 heterocycles. The van der Waals surface area contributed by atoms with E-state index in [4.69, 9.17) is 5.26 Å². The van der Waals surface area contributed by atoms with Gasteiger partial charge in [-0.05, 0) is 58.0 Å². The van der Waals surface area contributed by atoms with E-state index >= 15 is 0 Å². The average Bonchev–Trinajstić information content (AvgIpc) is 2.36. The summed E-state index contributed by atoms with van der Waals surface area (Å²) in [5.41, 5.74) is 2.27. The van der Waals surface area contributed by atoms with Crippen LogP contribution in [0, 0.1) is 25.2 Å². The van der Waals surface area contributed by atoms with Gasteiger partial charge in [0.25, 0.3) is 0 Å². The van der Waals surface area contributed by atoms with E-state index in [1.807, 2.05) is 25.7 Å². The molecule has 18 heavy (non-hydrogen) atoms. The molecule has 0 amide bonds. The van der Waals surface area contributed by atoms with E-state index in [2.05, 4.69) is 43.4 Å². The van der Waals surface area contributed by atoms with Gasteiger partial charge in [-0.2, -0.15) is 5.26 Å². The van der Waals surface area contributed by atoms with Gasteiger partial charge in [-0.3, -0.25) is 0 Å². The SMILES string of the molecule is CNC(C)(C#N)CCCSc1ccc(C)cc1C. The molecule has 1 aromatic carbocycles. The van der Waals surface area contributed by atoms with Crippen LogP contribution in [0.3, 0.4) is 0 Å². The second-order valence-corrected chi connectivity index (χ2v) is 6.05. The number of nitrogens with zero attached hydrogens (tertiary/aromatic N) is 1. The average molecular weight is 262 g/mol. The van der Waals surface area contributed by atoms with E-state index in [9.17, 15) is 0 Å². The van der Waals surface area contributed by atoms with Gasteiger partial charge in [0.1, 0.15) is 5.54 Å². The predicted octanol–water partition coefficient (Wildman–Crippen LogP) is 3.68. The minimum Gasteiger partial charge on any atom is -0.303 e. The molecule has 0 fully saturated rings. The van der Waals surface area contributed by atoms with Crippen LogP contribution in [-0.4, -0.2) is 18.3 Å². The van der Waals surface area contributed by atoms with E-state index < -0.39 is 0 Å². The molecule has 1 unspecified atom stereocenters. The normalized spacial score (nSPS) is 13.9. The fraction of sp³-hybridized carbons (Fsp3) is 0.533. The van der Waals surface area contributed by atoms with E-state index in [1.54, 1.807) is 0 Å². The molecular formula is C15H22N2S. The monoisotopic (exact) mass is 262 g/mol. The van der Waals surface area contributed by atoms with Crippen LogP contribution in [0.5, 0.6) is 0 Å². The zero-order valence-electron chi connectivity index (χ0n) is 11.7. The smallest absolute Gasteiger partial charge is 0.103 e. The maximum absolute atomic E-state index is 9.06. The zero-order chi connectivity index (χ0) is 13.6. The lowest BCUT2D eigenvalue weighted by Gasteiger charge is -2.20. The van der Waals surface area contributed by atoms with E-state index in [-0.39, 0.29) is 5.54 Å². The van der Waals surface area contributed by atoms with E-state index in [1.165, 1.54) is 16.0 Å². The highest BCUT2D eigenvalue weighted by molar-refractivity contribution is 7.99. The molecule has 0 aliphatic rings. The molecule has 0 saturated heterocycles. The molecule has 1 atom stereocenters. The lowest BCUT2D eigenvalue weighted by molar-refractivity contribution is 0.451. The van der Waals surface area contributed by atoms with Gasteiger partial charge in [-0.25, -0.2) is 0 Å². The van der Waals surface area contributed by atoms with Crippen molar-refractivity contribution in [2.45, 2.75) is 44.0 Å². The van der Waals surface area contributed by atoms with Crippen LogP contribution in [0.2, 0.25) is 0 Å². The number of hydrogen-bond donors (Lipinski definition) is 1. The summed E-state index contributed by atoms with van der Waals surface area (Å²) in [5.74, 6) is 1.06. The maximum Gasteiger partial charge on any atom is 0.103 e. The number of aryl methyl sites for hydroxylation is 2. The molecule has 1 N–H and O–H groups in total. The summed E-state index contributed by atoms with van der Waals surface area (Å²) in [4.78, 5) is 1.35. The summed E-state index contributed by atoms with van der Waals surface area (Å²) < 4.78 is 0. The molecule has 0 aliphatic heterocycles. The van der Waals surface area contributed by atoms with Crippen LogP contribution in [0.25, 0.3) is 0 Å². The van der Waals surface area contributed by atoms with Crippen LogP contribution in [0.4, 0.5) is 0 Å². The second kappa shape index (κ2) is 6.82. The molecule has 0 saturated carbocycles. The Bertz CT molecular complexity index is 437. The second-order valence-electron chi connectivity index (χ2n) is 4.91. The zero-order valence-corrected chi connectivity index (χ0v) is 12.5. The van der Waals surface area contributed by atoms with Crippen molar-refractivity contribution in [3.8, 4) is 6.07 Å². The van der Waals surface area contributed by atoms with Crippen molar-refractivity contribution in [2.24, 2.45) is 0 Å². The highest BCUT2D eigenvalue weighted by Gasteiger charge is 2.19. The number of nitriles is 1. The molecule has 0 bridgehead atoms. The number of thioether (sulfide) groups is 1. The number of rotatable bonds is 6. The number of nitrogens with one attached hydrogen (secondary N) is 1. The Hall–Kier alpha value is -0.980. The molecule has 0 aromatic heterocycles.